The number of alkyl halides is 1. The van der Waals surface area contributed by atoms with Crippen LogP contribution < -0.4 is 10.2 Å². The fraction of sp³-hybridized carbons (Fsp3) is 0.367. The maximum Gasteiger partial charge on any atom is 0.419 e. The standard InChI is InChI=1S/C27H28ClFN2O5.C3H8/c1-3-6-19-7-4-5-8-24(19)31(23-12-11-20(28)13-17(23)2)27(35)36-16-22(18-9-10-18)30-21(14-26(33)34)25(32)15-29;1-3-2/h3-8,11-13,21,30H,9-10,14-16H2,1-2H3,(H,33,34);3H2,1-2H3/b6-3+;. The number of ketones is 1. The first kappa shape index (κ1) is 31.6. The quantitative estimate of drug-likeness (QED) is 0.298. The Hall–Kier alpha value is -3.65. The van der Waals surface area contributed by atoms with Gasteiger partial charge in [0.1, 0.15) is 13.3 Å². The number of benzene rings is 2. The number of carbonyl (C=O) groups is 3. The van der Waals surface area contributed by atoms with E-state index in [4.69, 9.17) is 21.4 Å². The van der Waals surface area contributed by atoms with E-state index < -0.39 is 37.0 Å². The van der Waals surface area contributed by atoms with Gasteiger partial charge in [-0.15, -0.1) is 0 Å². The van der Waals surface area contributed by atoms with Crippen LogP contribution in [0.25, 0.3) is 6.08 Å². The average molecular weight is 559 g/mol. The Kier molecular flexibility index (Phi) is 12.7. The molecule has 0 spiro atoms. The van der Waals surface area contributed by atoms with Crippen molar-refractivity contribution >= 4 is 46.9 Å². The van der Waals surface area contributed by atoms with Crippen LogP contribution in [0.3, 0.4) is 0 Å². The van der Waals surface area contributed by atoms with Crippen molar-refractivity contribution in [1.29, 1.82) is 0 Å². The highest BCUT2D eigenvalue weighted by molar-refractivity contribution is 6.30. The lowest BCUT2D eigenvalue weighted by atomic mass is 10.1. The number of ether oxygens (including phenoxy) is 1. The van der Waals surface area contributed by atoms with Gasteiger partial charge in [0.15, 0.2) is 5.78 Å². The number of amides is 1. The third-order valence-electron chi connectivity index (χ3n) is 5.62. The van der Waals surface area contributed by atoms with E-state index in [0.717, 1.165) is 16.7 Å². The van der Waals surface area contributed by atoms with Gasteiger partial charge in [0, 0.05) is 10.7 Å². The van der Waals surface area contributed by atoms with Crippen LogP contribution in [0.5, 0.6) is 0 Å². The molecule has 0 bridgehead atoms. The number of rotatable bonds is 11. The lowest BCUT2D eigenvalue weighted by Crippen LogP contribution is -2.40. The molecule has 0 heterocycles. The van der Waals surface area contributed by atoms with Crippen LogP contribution in [0.2, 0.25) is 5.02 Å². The molecule has 39 heavy (non-hydrogen) atoms. The number of aryl methyl sites for hydroxylation is 1. The number of halogens is 2. The Balaban J connectivity index is 0.00000170. The number of Topliss-reactive ketones (excluding diaryl/α,β-unsaturated/α-hetero) is 1. The summed E-state index contributed by atoms with van der Waals surface area (Å²) < 4.78 is 18.7. The summed E-state index contributed by atoms with van der Waals surface area (Å²) in [5, 5.41) is 12.4. The van der Waals surface area contributed by atoms with Crippen molar-refractivity contribution in [2.75, 3.05) is 18.2 Å². The number of carboxylic acids is 1. The number of carboxylic acid groups (broad SMARTS) is 1. The highest BCUT2D eigenvalue weighted by Gasteiger charge is 2.28. The van der Waals surface area contributed by atoms with Crippen LogP contribution in [-0.4, -0.2) is 42.3 Å². The van der Waals surface area contributed by atoms with Crippen molar-refractivity contribution in [1.82, 2.24) is 5.32 Å². The van der Waals surface area contributed by atoms with Gasteiger partial charge in [-0.3, -0.25) is 9.59 Å². The van der Waals surface area contributed by atoms with E-state index in [2.05, 4.69) is 19.2 Å². The zero-order valence-electron chi connectivity index (χ0n) is 22.8. The van der Waals surface area contributed by atoms with Crippen LogP contribution in [0.1, 0.15) is 57.6 Å². The van der Waals surface area contributed by atoms with Gasteiger partial charge in [-0.25, -0.2) is 14.1 Å². The van der Waals surface area contributed by atoms with E-state index in [1.807, 2.05) is 44.2 Å². The Morgan fingerprint density at radius 3 is 2.38 bits per heavy atom. The minimum atomic E-state index is -1.29. The number of nitrogens with one attached hydrogen (secondary N) is 1. The van der Waals surface area contributed by atoms with Crippen LogP contribution in [0, 0.1) is 6.92 Å². The fourth-order valence-electron chi connectivity index (χ4n) is 3.74. The van der Waals surface area contributed by atoms with Gasteiger partial charge in [0.2, 0.25) is 0 Å². The SMILES string of the molecule is C/C=C/c1ccccc1N(C(=O)OCC(NC(CC(=O)O)C(=O)CF)=C1CC1)c1ccc(Cl)cc1C.CCC. The predicted octanol–water partition coefficient (Wildman–Crippen LogP) is 7.39. The monoisotopic (exact) mass is 558 g/mol. The number of hydrogen-bond donors (Lipinski definition) is 2. The Morgan fingerprint density at radius 1 is 1.15 bits per heavy atom. The molecule has 1 aliphatic carbocycles. The summed E-state index contributed by atoms with van der Waals surface area (Å²) in [5.74, 6) is -2.11. The fourth-order valence-corrected chi connectivity index (χ4v) is 3.97. The van der Waals surface area contributed by atoms with Gasteiger partial charge in [-0.1, -0.05) is 62.2 Å². The molecule has 2 aromatic carbocycles. The van der Waals surface area contributed by atoms with Gasteiger partial charge in [0.05, 0.1) is 23.8 Å². The molecule has 0 aromatic heterocycles. The Labute approximate surface area is 234 Å². The number of hydrogen-bond acceptors (Lipinski definition) is 5. The largest absolute Gasteiger partial charge is 0.481 e. The molecule has 2 aromatic rings. The molecule has 2 N–H and O–H groups in total. The molecule has 0 saturated heterocycles. The van der Waals surface area contributed by atoms with Crippen molar-refractivity contribution < 1.29 is 28.6 Å². The van der Waals surface area contributed by atoms with E-state index in [1.54, 1.807) is 24.3 Å². The van der Waals surface area contributed by atoms with Crippen molar-refractivity contribution in [2.45, 2.75) is 59.4 Å². The minimum Gasteiger partial charge on any atom is -0.481 e. The molecule has 1 unspecified atom stereocenters. The minimum absolute atomic E-state index is 0.223. The second kappa shape index (κ2) is 15.7. The highest BCUT2D eigenvalue weighted by Crippen LogP contribution is 2.35. The molecular formula is C30H36ClFN2O5. The summed E-state index contributed by atoms with van der Waals surface area (Å²) in [4.78, 5) is 38.1. The molecule has 7 nitrogen and oxygen atoms in total. The van der Waals surface area contributed by atoms with E-state index in [-0.39, 0.29) is 6.61 Å². The topological polar surface area (TPSA) is 95.9 Å². The summed E-state index contributed by atoms with van der Waals surface area (Å²) in [6.45, 7) is 6.44. The van der Waals surface area contributed by atoms with Gasteiger partial charge in [0.25, 0.3) is 0 Å². The molecule has 1 amide bonds. The van der Waals surface area contributed by atoms with E-state index in [1.165, 1.54) is 11.3 Å². The molecule has 210 valence electrons. The third-order valence-corrected chi connectivity index (χ3v) is 5.86. The maximum atomic E-state index is 13.5. The first-order chi connectivity index (χ1) is 18.7. The van der Waals surface area contributed by atoms with Crippen LogP contribution >= 0.6 is 11.6 Å². The van der Waals surface area contributed by atoms with Crippen LogP contribution in [0.15, 0.2) is 59.8 Å². The van der Waals surface area contributed by atoms with E-state index in [9.17, 15) is 18.8 Å². The molecule has 9 heteroatoms. The summed E-state index contributed by atoms with van der Waals surface area (Å²) in [7, 11) is 0. The molecule has 1 saturated carbocycles. The molecule has 1 aliphatic rings. The zero-order chi connectivity index (χ0) is 28.9. The summed E-state index contributed by atoms with van der Waals surface area (Å²) >= 11 is 6.14. The van der Waals surface area contributed by atoms with Crippen LogP contribution in [0.4, 0.5) is 20.6 Å². The molecule has 1 atom stereocenters. The second-order valence-electron chi connectivity index (χ2n) is 9.06. The van der Waals surface area contributed by atoms with Gasteiger partial charge >= 0.3 is 12.1 Å². The number of allylic oxidation sites excluding steroid dienone is 2. The van der Waals surface area contributed by atoms with Crippen LogP contribution in [-0.2, 0) is 14.3 Å². The predicted molar refractivity (Wildman–Crippen MR) is 153 cm³/mol. The van der Waals surface area contributed by atoms with Gasteiger partial charge in [-0.2, -0.15) is 0 Å². The van der Waals surface area contributed by atoms with E-state index in [0.29, 0.717) is 34.9 Å². The summed E-state index contributed by atoms with van der Waals surface area (Å²) in [6, 6.07) is 11.2. The molecule has 0 radical (unpaired) electrons. The number of para-hydroxylation sites is 1. The van der Waals surface area contributed by atoms with Crippen molar-refractivity contribution in [2.24, 2.45) is 0 Å². The van der Waals surface area contributed by atoms with Gasteiger partial charge in [-0.05, 0) is 67.7 Å². The number of anilines is 2. The molecule has 1 fully saturated rings. The first-order valence-electron chi connectivity index (χ1n) is 12.9. The maximum absolute atomic E-state index is 13.5. The summed E-state index contributed by atoms with van der Waals surface area (Å²) in [5.41, 5.74) is 4.03. The Morgan fingerprint density at radius 2 is 1.82 bits per heavy atom. The van der Waals surface area contributed by atoms with Crippen molar-refractivity contribution in [3.63, 3.8) is 0 Å². The van der Waals surface area contributed by atoms with Gasteiger partial charge < -0.3 is 15.2 Å². The first-order valence-corrected chi connectivity index (χ1v) is 13.3. The highest BCUT2D eigenvalue weighted by atomic mass is 35.5. The van der Waals surface area contributed by atoms with Crippen molar-refractivity contribution in [3.05, 3.63) is 76.0 Å². The smallest absolute Gasteiger partial charge is 0.419 e. The second-order valence-corrected chi connectivity index (χ2v) is 9.50. The zero-order valence-corrected chi connectivity index (χ0v) is 23.6. The average Bonchev–Trinajstić information content (AvgIpc) is 3.73. The summed E-state index contributed by atoms with van der Waals surface area (Å²) in [6.07, 6.45) is 5.16. The Bertz CT molecular complexity index is 1220. The number of aliphatic carboxylic acids is 1. The normalized spacial score (nSPS) is 12.7. The molecule has 3 rings (SSSR count). The van der Waals surface area contributed by atoms with E-state index >= 15 is 0 Å². The van der Waals surface area contributed by atoms with Crippen molar-refractivity contribution in [3.8, 4) is 0 Å². The lowest BCUT2D eigenvalue weighted by molar-refractivity contribution is -0.139. The molecule has 0 aliphatic heterocycles. The number of carbonyl (C=O) groups excluding carboxylic acids is 2. The number of nitrogens with zero attached hydrogens (tertiary/aromatic N) is 1. The third kappa shape index (κ3) is 9.55. The lowest BCUT2D eigenvalue weighted by Gasteiger charge is -2.26. The molecular weight excluding hydrogens is 523 g/mol.